The van der Waals surface area contributed by atoms with E-state index in [0.717, 1.165) is 45.0 Å². The molecule has 0 spiro atoms. The van der Waals surface area contributed by atoms with Crippen molar-refractivity contribution in [1.29, 1.82) is 0 Å². The summed E-state index contributed by atoms with van der Waals surface area (Å²) in [5.74, 6) is 2.07. The molecule has 3 heterocycles. The Morgan fingerprint density at radius 1 is 0.550 bits per heavy atom. The number of benzene rings is 6. The summed E-state index contributed by atoms with van der Waals surface area (Å²) in [5.41, 5.74) is 12.3. The molecular formula is C54H51N4OPt-3. The van der Waals surface area contributed by atoms with Gasteiger partial charge in [-0.2, -0.15) is 12.1 Å². The molecule has 6 heteroatoms. The molecule has 0 aliphatic carbocycles. The number of hydrogen-bond donors (Lipinski definition) is 0. The molecule has 8 aromatic rings. The molecule has 306 valence electrons. The SMILES string of the molecule is CC(C)(C)c1ccnc(-n2c3[c-]c(Oc4[c-]c(N5[CH-]N(c6cccc(C(C)(C)C)c6-c6ccccc6)c6ccccc65)ccc4)ccc3c3cc(C(C)(C)C)ccc32)c1.[Pt]. The zero-order valence-electron chi connectivity index (χ0n) is 35.9. The van der Waals surface area contributed by atoms with Gasteiger partial charge in [0, 0.05) is 66.9 Å². The second-order valence-electron chi connectivity index (χ2n) is 18.7. The summed E-state index contributed by atoms with van der Waals surface area (Å²) in [4.78, 5) is 9.41. The fourth-order valence-electron chi connectivity index (χ4n) is 8.22. The van der Waals surface area contributed by atoms with Crippen LogP contribution in [0.15, 0.2) is 140 Å². The number of para-hydroxylation sites is 2. The van der Waals surface area contributed by atoms with Gasteiger partial charge in [0.15, 0.2) is 0 Å². The Morgan fingerprint density at radius 2 is 1.20 bits per heavy atom. The summed E-state index contributed by atoms with van der Waals surface area (Å²) in [7, 11) is 0. The van der Waals surface area contributed by atoms with Gasteiger partial charge in [0.1, 0.15) is 5.82 Å². The molecule has 0 fully saturated rings. The molecule has 9 rings (SSSR count). The summed E-state index contributed by atoms with van der Waals surface area (Å²) < 4.78 is 8.88. The monoisotopic (exact) mass is 966 g/mol. The summed E-state index contributed by atoms with van der Waals surface area (Å²) in [5, 5.41) is 2.27. The van der Waals surface area contributed by atoms with Gasteiger partial charge in [-0.05, 0) is 80.3 Å². The summed E-state index contributed by atoms with van der Waals surface area (Å²) >= 11 is 0. The Morgan fingerprint density at radius 3 is 1.92 bits per heavy atom. The second kappa shape index (κ2) is 15.4. The van der Waals surface area contributed by atoms with Crippen molar-refractivity contribution in [2.24, 2.45) is 0 Å². The molecule has 0 radical (unpaired) electrons. The third kappa shape index (κ3) is 7.54. The number of aromatic nitrogens is 2. The molecule has 0 saturated heterocycles. The minimum absolute atomic E-state index is 0. The van der Waals surface area contributed by atoms with Crippen LogP contribution in [0.1, 0.15) is 79.0 Å². The molecule has 5 nitrogen and oxygen atoms in total. The number of fused-ring (bicyclic) bond motifs is 4. The first-order valence-electron chi connectivity index (χ1n) is 20.5. The maximum Gasteiger partial charge on any atom is 0.135 e. The number of pyridine rings is 1. The largest absolute Gasteiger partial charge is 0.509 e. The predicted octanol–water partition coefficient (Wildman–Crippen LogP) is 14.5. The van der Waals surface area contributed by atoms with Crippen LogP contribution in [0.3, 0.4) is 0 Å². The number of ether oxygens (including phenoxy) is 1. The average molecular weight is 967 g/mol. The first-order valence-corrected chi connectivity index (χ1v) is 20.5. The first-order chi connectivity index (χ1) is 28.1. The predicted molar refractivity (Wildman–Crippen MR) is 246 cm³/mol. The van der Waals surface area contributed by atoms with Crippen LogP contribution >= 0.6 is 0 Å². The maximum absolute atomic E-state index is 6.66. The van der Waals surface area contributed by atoms with Crippen molar-refractivity contribution in [2.75, 3.05) is 9.80 Å². The second-order valence-corrected chi connectivity index (χ2v) is 18.7. The van der Waals surface area contributed by atoms with E-state index in [-0.39, 0.29) is 37.3 Å². The van der Waals surface area contributed by atoms with Gasteiger partial charge in [0.25, 0.3) is 0 Å². The average Bonchev–Trinajstić information content (AvgIpc) is 3.76. The maximum atomic E-state index is 6.66. The Bertz CT molecular complexity index is 2860. The Balaban J connectivity index is 0.00000499. The van der Waals surface area contributed by atoms with Crippen LogP contribution in [-0.2, 0) is 37.3 Å². The van der Waals surface area contributed by atoms with E-state index >= 15 is 0 Å². The molecule has 60 heavy (non-hydrogen) atoms. The normalized spacial score (nSPS) is 13.2. The van der Waals surface area contributed by atoms with Gasteiger partial charge in [0.05, 0.1) is 0 Å². The molecule has 0 bridgehead atoms. The van der Waals surface area contributed by atoms with Crippen molar-refractivity contribution in [3.63, 3.8) is 0 Å². The van der Waals surface area contributed by atoms with Gasteiger partial charge < -0.3 is 19.1 Å². The van der Waals surface area contributed by atoms with Crippen LogP contribution < -0.4 is 14.5 Å². The van der Waals surface area contributed by atoms with Crippen LogP contribution in [0, 0.1) is 18.8 Å². The van der Waals surface area contributed by atoms with Crippen LogP contribution in [0.25, 0.3) is 38.8 Å². The number of nitrogens with zero attached hydrogens (tertiary/aromatic N) is 4. The van der Waals surface area contributed by atoms with Crippen molar-refractivity contribution < 1.29 is 25.8 Å². The third-order valence-corrected chi connectivity index (χ3v) is 11.4. The van der Waals surface area contributed by atoms with E-state index in [1.165, 1.54) is 33.2 Å². The zero-order valence-corrected chi connectivity index (χ0v) is 38.1. The summed E-state index contributed by atoms with van der Waals surface area (Å²) in [6, 6.07) is 54.5. The van der Waals surface area contributed by atoms with Gasteiger partial charge in [-0.1, -0.05) is 135 Å². The third-order valence-electron chi connectivity index (χ3n) is 11.4. The van der Waals surface area contributed by atoms with Crippen molar-refractivity contribution in [2.45, 2.75) is 78.6 Å². The molecule has 0 saturated carbocycles. The van der Waals surface area contributed by atoms with Gasteiger partial charge in [-0.25, -0.2) is 4.98 Å². The van der Waals surface area contributed by atoms with E-state index in [2.05, 4.69) is 211 Å². The van der Waals surface area contributed by atoms with Crippen molar-refractivity contribution in [1.82, 2.24) is 9.55 Å². The number of anilines is 4. The Labute approximate surface area is 369 Å². The van der Waals surface area contributed by atoms with E-state index < -0.39 is 0 Å². The molecule has 2 aromatic heterocycles. The van der Waals surface area contributed by atoms with Gasteiger partial charge in [-0.3, -0.25) is 0 Å². The zero-order chi connectivity index (χ0) is 41.3. The smallest absolute Gasteiger partial charge is 0.135 e. The van der Waals surface area contributed by atoms with Gasteiger partial charge in [-0.15, -0.1) is 48.1 Å². The van der Waals surface area contributed by atoms with Crippen molar-refractivity contribution >= 4 is 44.6 Å². The molecule has 0 atom stereocenters. The fraction of sp³-hybridized carbons (Fsp3) is 0.222. The standard InChI is InChI=1S/C54H51N4O.Pt/c1-52(2,3)37-25-28-45-43(31-37)42-27-26-41(34-49(42)58(45)50-32-38(29-30-55-50)53(4,5)6)59-40-20-15-19-39(33-40)56-35-57(47-23-14-13-22-46(47)56)48-24-16-21-44(54(7,8)9)51(48)36-17-11-10-12-18-36;/h10-32,35H,1-9H3;/q-3;. The van der Waals surface area contributed by atoms with Crippen molar-refractivity contribution in [3.8, 4) is 28.4 Å². The van der Waals surface area contributed by atoms with Crippen molar-refractivity contribution in [3.05, 3.63) is 175 Å². The molecule has 1 aliphatic heterocycles. The molecule has 1 aliphatic rings. The van der Waals surface area contributed by atoms with E-state index in [1.807, 2.05) is 24.4 Å². The molecular weight excluding hydrogens is 916 g/mol. The number of rotatable bonds is 6. The van der Waals surface area contributed by atoms with Gasteiger partial charge >= 0.3 is 0 Å². The van der Waals surface area contributed by atoms with E-state index in [0.29, 0.717) is 11.5 Å². The quantitative estimate of drug-likeness (QED) is 0.156. The van der Waals surface area contributed by atoms with Gasteiger partial charge in [0.2, 0.25) is 0 Å². The molecule has 0 unspecified atom stereocenters. The molecule has 0 amide bonds. The fourth-order valence-corrected chi connectivity index (χ4v) is 8.22. The minimum atomic E-state index is -0.0592. The Hall–Kier alpha value is -5.64. The topological polar surface area (TPSA) is 33.5 Å². The Kier molecular flexibility index (Phi) is 10.6. The van der Waals surface area contributed by atoms with E-state index in [4.69, 9.17) is 9.72 Å². The molecule has 6 aromatic carbocycles. The summed E-state index contributed by atoms with van der Waals surface area (Å²) in [6.45, 7) is 22.5. The van der Waals surface area contributed by atoms with E-state index in [1.54, 1.807) is 0 Å². The minimum Gasteiger partial charge on any atom is -0.509 e. The number of hydrogen-bond acceptors (Lipinski definition) is 4. The van der Waals surface area contributed by atoms with Crippen LogP contribution in [0.5, 0.6) is 11.5 Å². The first kappa shape index (κ1) is 41.1. The van der Waals surface area contributed by atoms with Crippen LogP contribution in [0.4, 0.5) is 22.7 Å². The molecule has 0 N–H and O–H groups in total. The van der Waals surface area contributed by atoms with Crippen LogP contribution in [-0.4, -0.2) is 9.55 Å². The summed E-state index contributed by atoms with van der Waals surface area (Å²) in [6.07, 6.45) is 1.91. The van der Waals surface area contributed by atoms with Crippen LogP contribution in [0.2, 0.25) is 0 Å². The van der Waals surface area contributed by atoms with E-state index in [9.17, 15) is 0 Å².